The summed E-state index contributed by atoms with van der Waals surface area (Å²) in [6, 6.07) is 23.4. The molecule has 0 bridgehead atoms. The SMILES string of the molecule is CC(C)c1cc(-c2[nH]c3ccccc3c2CCNCCCCc2ccc(O)cc2)cc(C(C)C)c1. The van der Waals surface area contributed by atoms with E-state index in [4.69, 9.17) is 0 Å². The molecule has 0 saturated heterocycles. The Morgan fingerprint density at radius 2 is 1.46 bits per heavy atom. The van der Waals surface area contributed by atoms with Crippen molar-refractivity contribution in [3.05, 3.63) is 89.0 Å². The molecule has 1 aromatic heterocycles. The zero-order valence-electron chi connectivity index (χ0n) is 21.7. The molecule has 0 radical (unpaired) electrons. The number of unbranched alkanes of at least 4 members (excludes halogenated alkanes) is 1. The van der Waals surface area contributed by atoms with Crippen molar-refractivity contribution < 1.29 is 5.11 Å². The van der Waals surface area contributed by atoms with E-state index in [1.165, 1.54) is 44.4 Å². The van der Waals surface area contributed by atoms with E-state index in [-0.39, 0.29) is 0 Å². The second-order valence-electron chi connectivity index (χ2n) is 10.3. The Labute approximate surface area is 210 Å². The van der Waals surface area contributed by atoms with E-state index < -0.39 is 0 Å². The lowest BCUT2D eigenvalue weighted by Gasteiger charge is -2.15. The fourth-order valence-electron chi connectivity index (χ4n) is 4.77. The third-order valence-corrected chi connectivity index (χ3v) is 6.97. The number of aromatic hydroxyl groups is 1. The summed E-state index contributed by atoms with van der Waals surface area (Å²) in [6.45, 7) is 11.1. The quantitative estimate of drug-likeness (QED) is 0.196. The van der Waals surface area contributed by atoms with Crippen LogP contribution >= 0.6 is 0 Å². The highest BCUT2D eigenvalue weighted by atomic mass is 16.3. The van der Waals surface area contributed by atoms with Crippen LogP contribution in [0, 0.1) is 0 Å². The highest BCUT2D eigenvalue weighted by Crippen LogP contribution is 2.34. The molecule has 1 heterocycles. The maximum atomic E-state index is 9.43. The van der Waals surface area contributed by atoms with Crippen molar-refractivity contribution in [2.75, 3.05) is 13.1 Å². The molecule has 3 N–H and O–H groups in total. The van der Waals surface area contributed by atoms with Crippen molar-refractivity contribution in [1.82, 2.24) is 10.3 Å². The molecule has 0 aliphatic carbocycles. The number of fused-ring (bicyclic) bond motifs is 1. The molecule has 184 valence electrons. The number of phenolic OH excluding ortho intramolecular Hbond substituents is 1. The predicted molar refractivity (Wildman–Crippen MR) is 150 cm³/mol. The summed E-state index contributed by atoms with van der Waals surface area (Å²) in [5.41, 5.74) is 9.30. The van der Waals surface area contributed by atoms with Crippen molar-refractivity contribution in [3.63, 3.8) is 0 Å². The molecule has 0 amide bonds. The van der Waals surface area contributed by atoms with Crippen molar-refractivity contribution in [2.24, 2.45) is 0 Å². The Balaban J connectivity index is 1.44. The zero-order valence-corrected chi connectivity index (χ0v) is 21.7. The Morgan fingerprint density at radius 1 is 0.771 bits per heavy atom. The number of benzene rings is 3. The van der Waals surface area contributed by atoms with Crippen LogP contribution in [0.4, 0.5) is 0 Å². The van der Waals surface area contributed by atoms with Gasteiger partial charge in [-0.3, -0.25) is 0 Å². The van der Waals surface area contributed by atoms with Gasteiger partial charge in [-0.2, -0.15) is 0 Å². The number of para-hydroxylation sites is 1. The summed E-state index contributed by atoms with van der Waals surface area (Å²) >= 11 is 0. The van der Waals surface area contributed by atoms with Crippen LogP contribution in [0.15, 0.2) is 66.7 Å². The first-order valence-electron chi connectivity index (χ1n) is 13.2. The summed E-state index contributed by atoms with van der Waals surface area (Å²) in [6.07, 6.45) is 4.35. The standard InChI is InChI=1S/C32H40N2O/c1-22(2)25-19-26(23(3)4)21-27(20-25)32-30(29-10-5-6-11-31(29)34-32)16-18-33-17-8-7-9-24-12-14-28(35)15-13-24/h5-6,10-15,19-23,33-35H,7-9,16-18H2,1-4H3. The molecule has 3 aromatic carbocycles. The number of hydrogen-bond donors (Lipinski definition) is 3. The van der Waals surface area contributed by atoms with Gasteiger partial charge in [-0.05, 0) is 109 Å². The first-order chi connectivity index (χ1) is 16.9. The first-order valence-corrected chi connectivity index (χ1v) is 13.2. The lowest BCUT2D eigenvalue weighted by Crippen LogP contribution is -2.18. The topological polar surface area (TPSA) is 48.0 Å². The number of phenols is 1. The number of rotatable bonds is 11. The molecule has 4 rings (SSSR count). The molecular weight excluding hydrogens is 428 g/mol. The molecule has 0 aliphatic heterocycles. The van der Waals surface area contributed by atoms with Crippen molar-refractivity contribution in [1.29, 1.82) is 0 Å². The Kier molecular flexibility index (Phi) is 8.30. The molecule has 4 aromatic rings. The van der Waals surface area contributed by atoms with E-state index in [0.29, 0.717) is 17.6 Å². The van der Waals surface area contributed by atoms with Gasteiger partial charge in [0.25, 0.3) is 0 Å². The van der Waals surface area contributed by atoms with E-state index >= 15 is 0 Å². The number of H-pyrrole nitrogens is 1. The van der Waals surface area contributed by atoms with Gasteiger partial charge in [0.15, 0.2) is 0 Å². The third-order valence-electron chi connectivity index (χ3n) is 6.97. The monoisotopic (exact) mass is 468 g/mol. The molecule has 0 aliphatic rings. The fourth-order valence-corrected chi connectivity index (χ4v) is 4.77. The molecule has 0 unspecified atom stereocenters. The van der Waals surface area contributed by atoms with Gasteiger partial charge in [-0.15, -0.1) is 0 Å². The first kappa shape index (κ1) is 25.1. The fraction of sp³-hybridized carbons (Fsp3) is 0.375. The van der Waals surface area contributed by atoms with Crippen LogP contribution in [-0.4, -0.2) is 23.2 Å². The summed E-state index contributed by atoms with van der Waals surface area (Å²) in [5, 5.41) is 14.4. The number of aromatic amines is 1. The molecule has 35 heavy (non-hydrogen) atoms. The van der Waals surface area contributed by atoms with Crippen LogP contribution < -0.4 is 5.32 Å². The normalized spacial score (nSPS) is 11.7. The summed E-state index contributed by atoms with van der Waals surface area (Å²) in [5.74, 6) is 1.34. The smallest absolute Gasteiger partial charge is 0.115 e. The second kappa shape index (κ2) is 11.6. The molecule has 3 nitrogen and oxygen atoms in total. The van der Waals surface area contributed by atoms with Crippen molar-refractivity contribution in [3.8, 4) is 17.0 Å². The largest absolute Gasteiger partial charge is 0.508 e. The van der Waals surface area contributed by atoms with Gasteiger partial charge in [0.05, 0.1) is 0 Å². The molecule has 3 heteroatoms. The lowest BCUT2D eigenvalue weighted by molar-refractivity contribution is 0.475. The summed E-state index contributed by atoms with van der Waals surface area (Å²) in [4.78, 5) is 3.75. The molecule has 0 atom stereocenters. The summed E-state index contributed by atoms with van der Waals surface area (Å²) < 4.78 is 0. The number of aromatic nitrogens is 1. The Bertz CT molecular complexity index is 1210. The number of hydrogen-bond acceptors (Lipinski definition) is 2. The van der Waals surface area contributed by atoms with E-state index in [9.17, 15) is 5.11 Å². The van der Waals surface area contributed by atoms with Gasteiger partial charge in [0.2, 0.25) is 0 Å². The highest BCUT2D eigenvalue weighted by molar-refractivity contribution is 5.91. The van der Waals surface area contributed by atoms with Crippen molar-refractivity contribution in [2.45, 2.75) is 65.2 Å². The highest BCUT2D eigenvalue weighted by Gasteiger charge is 2.15. The maximum Gasteiger partial charge on any atom is 0.115 e. The van der Waals surface area contributed by atoms with E-state index in [2.05, 4.69) is 80.5 Å². The predicted octanol–water partition coefficient (Wildman–Crippen LogP) is 7.94. The van der Waals surface area contributed by atoms with Crippen LogP contribution in [0.25, 0.3) is 22.2 Å². The minimum absolute atomic E-state index is 0.337. The van der Waals surface area contributed by atoms with Gasteiger partial charge < -0.3 is 15.4 Å². The molecule has 0 saturated carbocycles. The van der Waals surface area contributed by atoms with Gasteiger partial charge in [0.1, 0.15) is 5.75 Å². The van der Waals surface area contributed by atoms with Gasteiger partial charge >= 0.3 is 0 Å². The van der Waals surface area contributed by atoms with Crippen LogP contribution in [0.5, 0.6) is 5.75 Å². The third kappa shape index (κ3) is 6.35. The minimum atomic E-state index is 0.337. The van der Waals surface area contributed by atoms with Crippen LogP contribution in [-0.2, 0) is 12.8 Å². The molecular formula is C32H40N2O. The van der Waals surface area contributed by atoms with Crippen LogP contribution in [0.1, 0.15) is 74.6 Å². The van der Waals surface area contributed by atoms with Gasteiger partial charge in [-0.25, -0.2) is 0 Å². The average molecular weight is 469 g/mol. The van der Waals surface area contributed by atoms with E-state index in [0.717, 1.165) is 38.8 Å². The minimum Gasteiger partial charge on any atom is -0.508 e. The average Bonchev–Trinajstić information content (AvgIpc) is 3.23. The van der Waals surface area contributed by atoms with Gasteiger partial charge in [0, 0.05) is 16.6 Å². The van der Waals surface area contributed by atoms with E-state index in [1.807, 2.05) is 12.1 Å². The lowest BCUT2D eigenvalue weighted by atomic mass is 9.91. The van der Waals surface area contributed by atoms with Crippen LogP contribution in [0.2, 0.25) is 0 Å². The summed E-state index contributed by atoms with van der Waals surface area (Å²) in [7, 11) is 0. The van der Waals surface area contributed by atoms with Crippen molar-refractivity contribution >= 4 is 10.9 Å². The zero-order chi connectivity index (χ0) is 24.8. The molecule has 0 spiro atoms. The van der Waals surface area contributed by atoms with Gasteiger partial charge in [-0.1, -0.05) is 64.1 Å². The Morgan fingerprint density at radius 3 is 2.14 bits per heavy atom. The second-order valence-corrected chi connectivity index (χ2v) is 10.3. The Hall–Kier alpha value is -3.04. The number of aryl methyl sites for hydroxylation is 1. The maximum absolute atomic E-state index is 9.43. The van der Waals surface area contributed by atoms with Crippen LogP contribution in [0.3, 0.4) is 0 Å². The van der Waals surface area contributed by atoms with E-state index in [1.54, 1.807) is 12.1 Å². The number of nitrogens with one attached hydrogen (secondary N) is 2. The molecule has 0 fully saturated rings.